The van der Waals surface area contributed by atoms with Crippen molar-refractivity contribution in [2.75, 3.05) is 18.5 Å². The third-order valence-corrected chi connectivity index (χ3v) is 3.04. The molecule has 1 heterocycles. The molecule has 0 saturated carbocycles. The molecule has 0 bridgehead atoms. The Morgan fingerprint density at radius 2 is 1.94 bits per heavy atom. The number of rotatable bonds is 5. The van der Waals surface area contributed by atoms with E-state index >= 15 is 0 Å². The van der Waals surface area contributed by atoms with E-state index < -0.39 is 17.5 Å². The number of ether oxygens (including phenoxy) is 1. The molecule has 5 heteroatoms. The van der Waals surface area contributed by atoms with E-state index in [1.165, 1.54) is 0 Å². The van der Waals surface area contributed by atoms with Crippen LogP contribution in [0.15, 0.2) is 12.1 Å². The van der Waals surface area contributed by atoms with E-state index in [-0.39, 0.29) is 11.8 Å². The molecule has 1 N–H and O–H groups in total. The number of halogens is 3. The van der Waals surface area contributed by atoms with Gasteiger partial charge in [0.15, 0.2) is 11.6 Å². The standard InChI is InChI=1S/C13H16F3NO/c14-9-7-11(15)13(12(16)8-9)17-5-1-3-10-4-2-6-18-10/h7-8,10,17H,1-6H2. The lowest BCUT2D eigenvalue weighted by atomic mass is 10.1. The second-order valence-corrected chi connectivity index (χ2v) is 4.45. The molecule has 1 aliphatic rings. The number of anilines is 1. The zero-order chi connectivity index (χ0) is 13.0. The number of hydrogen-bond donors (Lipinski definition) is 1. The van der Waals surface area contributed by atoms with Crippen LogP contribution >= 0.6 is 0 Å². The minimum Gasteiger partial charge on any atom is -0.380 e. The van der Waals surface area contributed by atoms with Crippen molar-refractivity contribution in [3.8, 4) is 0 Å². The van der Waals surface area contributed by atoms with E-state index in [1.54, 1.807) is 0 Å². The Kier molecular flexibility index (Phi) is 4.47. The van der Waals surface area contributed by atoms with Gasteiger partial charge in [-0.2, -0.15) is 0 Å². The second kappa shape index (κ2) is 6.09. The average Bonchev–Trinajstić information content (AvgIpc) is 2.79. The summed E-state index contributed by atoms with van der Waals surface area (Å²) < 4.78 is 44.7. The summed E-state index contributed by atoms with van der Waals surface area (Å²) in [6.45, 7) is 1.25. The van der Waals surface area contributed by atoms with Crippen LogP contribution < -0.4 is 5.32 Å². The predicted octanol–water partition coefficient (Wildman–Crippen LogP) is 3.48. The summed E-state index contributed by atoms with van der Waals surface area (Å²) in [5.41, 5.74) is -0.260. The molecule has 0 amide bonds. The Bertz CT molecular complexity index is 382. The highest BCUT2D eigenvalue weighted by Gasteiger charge is 2.15. The lowest BCUT2D eigenvalue weighted by Gasteiger charge is -2.11. The molecule has 1 aromatic carbocycles. The SMILES string of the molecule is Fc1cc(F)c(NCCCC2CCCO2)c(F)c1. The Labute approximate surface area is 104 Å². The molecule has 1 fully saturated rings. The lowest BCUT2D eigenvalue weighted by Crippen LogP contribution is -2.10. The van der Waals surface area contributed by atoms with E-state index in [2.05, 4.69) is 5.32 Å². The summed E-state index contributed by atoms with van der Waals surface area (Å²) in [5.74, 6) is -2.70. The Hall–Kier alpha value is -1.23. The molecular formula is C13H16F3NO. The maximum atomic E-state index is 13.3. The van der Waals surface area contributed by atoms with Crippen LogP contribution in [0.3, 0.4) is 0 Å². The fourth-order valence-electron chi connectivity index (χ4n) is 2.13. The summed E-state index contributed by atoms with van der Waals surface area (Å²) >= 11 is 0. The maximum absolute atomic E-state index is 13.3. The molecule has 1 unspecified atom stereocenters. The summed E-state index contributed by atoms with van der Waals surface area (Å²) in [4.78, 5) is 0. The van der Waals surface area contributed by atoms with Crippen LogP contribution in [0.25, 0.3) is 0 Å². The van der Waals surface area contributed by atoms with E-state index in [0.29, 0.717) is 18.7 Å². The first-order valence-corrected chi connectivity index (χ1v) is 6.17. The first-order chi connectivity index (χ1) is 8.66. The molecule has 1 saturated heterocycles. The van der Waals surface area contributed by atoms with Crippen molar-refractivity contribution >= 4 is 5.69 Å². The van der Waals surface area contributed by atoms with Gasteiger partial charge in [-0.15, -0.1) is 0 Å². The Morgan fingerprint density at radius 1 is 1.22 bits per heavy atom. The van der Waals surface area contributed by atoms with Gasteiger partial charge < -0.3 is 10.1 Å². The van der Waals surface area contributed by atoms with Crippen LogP contribution in [0.2, 0.25) is 0 Å². The highest BCUT2D eigenvalue weighted by atomic mass is 19.1. The maximum Gasteiger partial charge on any atom is 0.152 e. The molecule has 1 aliphatic heterocycles. The van der Waals surface area contributed by atoms with E-state index in [9.17, 15) is 13.2 Å². The highest BCUT2D eigenvalue weighted by molar-refractivity contribution is 5.46. The van der Waals surface area contributed by atoms with Gasteiger partial charge in [0.05, 0.1) is 6.10 Å². The molecule has 18 heavy (non-hydrogen) atoms. The fourth-order valence-corrected chi connectivity index (χ4v) is 2.13. The fraction of sp³-hybridized carbons (Fsp3) is 0.538. The zero-order valence-electron chi connectivity index (χ0n) is 10.0. The van der Waals surface area contributed by atoms with Gasteiger partial charge in [-0.3, -0.25) is 0 Å². The summed E-state index contributed by atoms with van der Waals surface area (Å²) in [5, 5.41) is 2.66. The number of benzene rings is 1. The molecular weight excluding hydrogens is 243 g/mol. The molecule has 0 aliphatic carbocycles. The summed E-state index contributed by atoms with van der Waals surface area (Å²) in [6.07, 6.45) is 4.05. The highest BCUT2D eigenvalue weighted by Crippen LogP contribution is 2.21. The molecule has 2 rings (SSSR count). The first kappa shape index (κ1) is 13.2. The molecule has 1 atom stereocenters. The van der Waals surface area contributed by atoms with Gasteiger partial charge >= 0.3 is 0 Å². The van der Waals surface area contributed by atoms with Crippen LogP contribution in [0.4, 0.5) is 18.9 Å². The minimum absolute atomic E-state index is 0.260. The molecule has 1 aromatic rings. The van der Waals surface area contributed by atoms with Crippen LogP contribution in [0, 0.1) is 17.5 Å². The summed E-state index contributed by atoms with van der Waals surface area (Å²) in [6, 6.07) is 1.34. The van der Waals surface area contributed by atoms with E-state index in [4.69, 9.17) is 4.74 Å². The van der Waals surface area contributed by atoms with Crippen molar-refractivity contribution in [2.45, 2.75) is 31.8 Å². The second-order valence-electron chi connectivity index (χ2n) is 4.45. The minimum atomic E-state index is -0.907. The topological polar surface area (TPSA) is 21.3 Å². The third-order valence-electron chi connectivity index (χ3n) is 3.04. The van der Waals surface area contributed by atoms with Gasteiger partial charge in [-0.05, 0) is 25.7 Å². The number of hydrogen-bond acceptors (Lipinski definition) is 2. The van der Waals surface area contributed by atoms with Gasteiger partial charge in [0.1, 0.15) is 11.5 Å². The van der Waals surface area contributed by atoms with Crippen molar-refractivity contribution < 1.29 is 17.9 Å². The van der Waals surface area contributed by atoms with Crippen LogP contribution in [-0.2, 0) is 4.74 Å². The van der Waals surface area contributed by atoms with Crippen molar-refractivity contribution in [3.63, 3.8) is 0 Å². The first-order valence-electron chi connectivity index (χ1n) is 6.17. The van der Waals surface area contributed by atoms with Crippen molar-refractivity contribution in [3.05, 3.63) is 29.6 Å². The monoisotopic (exact) mass is 259 g/mol. The number of nitrogens with one attached hydrogen (secondary N) is 1. The quantitative estimate of drug-likeness (QED) is 0.817. The van der Waals surface area contributed by atoms with E-state index in [1.807, 2.05) is 0 Å². The Morgan fingerprint density at radius 3 is 2.56 bits per heavy atom. The van der Waals surface area contributed by atoms with Gasteiger partial charge in [-0.25, -0.2) is 13.2 Å². The molecule has 0 aromatic heterocycles. The van der Waals surface area contributed by atoms with Crippen LogP contribution in [-0.4, -0.2) is 19.3 Å². The normalized spacial score (nSPS) is 19.2. The van der Waals surface area contributed by atoms with Gasteiger partial charge in [0, 0.05) is 25.3 Å². The Balaban J connectivity index is 1.79. The van der Waals surface area contributed by atoms with Crippen LogP contribution in [0.5, 0.6) is 0 Å². The van der Waals surface area contributed by atoms with Crippen LogP contribution in [0.1, 0.15) is 25.7 Å². The van der Waals surface area contributed by atoms with Crippen molar-refractivity contribution in [1.82, 2.24) is 0 Å². The van der Waals surface area contributed by atoms with Gasteiger partial charge in [0.25, 0.3) is 0 Å². The van der Waals surface area contributed by atoms with Gasteiger partial charge in [-0.1, -0.05) is 0 Å². The largest absolute Gasteiger partial charge is 0.380 e. The predicted molar refractivity (Wildman–Crippen MR) is 63.0 cm³/mol. The van der Waals surface area contributed by atoms with Crippen molar-refractivity contribution in [1.29, 1.82) is 0 Å². The lowest BCUT2D eigenvalue weighted by molar-refractivity contribution is 0.103. The third kappa shape index (κ3) is 3.38. The molecule has 0 spiro atoms. The average molecular weight is 259 g/mol. The molecule has 2 nitrogen and oxygen atoms in total. The smallest absolute Gasteiger partial charge is 0.152 e. The summed E-state index contributed by atoms with van der Waals surface area (Å²) in [7, 11) is 0. The molecule has 100 valence electrons. The van der Waals surface area contributed by atoms with Crippen molar-refractivity contribution in [2.24, 2.45) is 0 Å². The van der Waals surface area contributed by atoms with E-state index in [0.717, 1.165) is 32.3 Å². The zero-order valence-corrected chi connectivity index (χ0v) is 10.0. The van der Waals surface area contributed by atoms with Gasteiger partial charge in [0.2, 0.25) is 0 Å². The molecule has 0 radical (unpaired) electrons.